The molecule has 0 amide bonds. The van der Waals surface area contributed by atoms with E-state index < -0.39 is 18.4 Å². The number of hydrogen-bond acceptors (Lipinski definition) is 5. The van der Waals surface area contributed by atoms with Crippen LogP contribution in [0.3, 0.4) is 0 Å². The fourth-order valence-corrected chi connectivity index (χ4v) is 2.45. The fraction of sp³-hybridized carbons (Fsp3) is 0.158. The number of hydrogen-bond donors (Lipinski definition) is 0. The van der Waals surface area contributed by atoms with Crippen LogP contribution in [0.2, 0.25) is 5.02 Å². The summed E-state index contributed by atoms with van der Waals surface area (Å²) < 4.78 is 28.8. The van der Waals surface area contributed by atoms with Crippen LogP contribution in [0.5, 0.6) is 11.5 Å². The molecule has 26 heavy (non-hydrogen) atoms. The number of carbonyl (C=O) groups excluding carboxylic acids is 2. The van der Waals surface area contributed by atoms with E-state index in [4.69, 9.17) is 25.8 Å². The number of esters is 1. The molecule has 1 heterocycles. The maximum absolute atomic E-state index is 13.1. The van der Waals surface area contributed by atoms with Crippen molar-refractivity contribution in [2.45, 2.75) is 0 Å². The number of rotatable bonds is 5. The van der Waals surface area contributed by atoms with Crippen molar-refractivity contribution in [1.29, 1.82) is 0 Å². The van der Waals surface area contributed by atoms with Gasteiger partial charge in [0.25, 0.3) is 0 Å². The summed E-state index contributed by atoms with van der Waals surface area (Å²) in [5, 5.41) is -0.0469. The zero-order valence-electron chi connectivity index (χ0n) is 13.5. The van der Waals surface area contributed by atoms with Crippen molar-refractivity contribution < 1.29 is 28.2 Å². The van der Waals surface area contributed by atoms with Crippen LogP contribution in [0, 0.1) is 5.82 Å². The van der Waals surface area contributed by atoms with Gasteiger partial charge >= 0.3 is 5.97 Å². The first-order valence-electron chi connectivity index (χ1n) is 7.75. The molecule has 3 rings (SSSR count). The van der Waals surface area contributed by atoms with Gasteiger partial charge in [-0.3, -0.25) is 4.79 Å². The predicted octanol–water partition coefficient (Wildman–Crippen LogP) is 3.69. The Morgan fingerprint density at radius 2 is 1.88 bits per heavy atom. The molecule has 0 radical (unpaired) electrons. The minimum Gasteiger partial charge on any atom is -0.486 e. The fourth-order valence-electron chi connectivity index (χ4n) is 2.27. The van der Waals surface area contributed by atoms with Crippen molar-refractivity contribution in [2.24, 2.45) is 0 Å². The second-order valence-corrected chi connectivity index (χ2v) is 5.80. The van der Waals surface area contributed by atoms with Gasteiger partial charge in [-0.2, -0.15) is 0 Å². The summed E-state index contributed by atoms with van der Waals surface area (Å²) in [6, 6.07) is 8.81. The molecule has 1 aliphatic rings. The van der Waals surface area contributed by atoms with E-state index in [1.54, 1.807) is 18.2 Å². The number of fused-ring (bicyclic) bond motifs is 1. The van der Waals surface area contributed by atoms with Gasteiger partial charge in [-0.25, -0.2) is 9.18 Å². The lowest BCUT2D eigenvalue weighted by molar-refractivity contribution is -0.136. The van der Waals surface area contributed by atoms with Gasteiger partial charge in [-0.15, -0.1) is 0 Å². The molecule has 134 valence electrons. The highest BCUT2D eigenvalue weighted by Gasteiger charge is 2.15. The van der Waals surface area contributed by atoms with Gasteiger partial charge in [0.1, 0.15) is 19.0 Å². The Labute approximate surface area is 153 Å². The Morgan fingerprint density at radius 3 is 2.65 bits per heavy atom. The molecule has 1 aliphatic heterocycles. The quantitative estimate of drug-likeness (QED) is 0.452. The summed E-state index contributed by atoms with van der Waals surface area (Å²) in [5.74, 6) is -0.548. The van der Waals surface area contributed by atoms with Crippen LogP contribution in [0.15, 0.2) is 42.5 Å². The van der Waals surface area contributed by atoms with Crippen LogP contribution in [0.25, 0.3) is 6.08 Å². The van der Waals surface area contributed by atoms with Crippen LogP contribution in [-0.4, -0.2) is 31.6 Å². The molecule has 0 spiro atoms. The highest BCUT2D eigenvalue weighted by molar-refractivity contribution is 6.30. The third kappa shape index (κ3) is 4.40. The largest absolute Gasteiger partial charge is 0.486 e. The van der Waals surface area contributed by atoms with Crippen molar-refractivity contribution in [2.75, 3.05) is 19.8 Å². The highest BCUT2D eigenvalue weighted by Crippen LogP contribution is 2.30. The number of benzene rings is 2. The molecule has 7 heteroatoms. The van der Waals surface area contributed by atoms with Gasteiger partial charge in [0.2, 0.25) is 0 Å². The SMILES string of the molecule is O=C(/C=C/c1ccc(F)c(Cl)c1)OCC(=O)c1ccc2c(c1)OCCO2. The first kappa shape index (κ1) is 17.9. The second-order valence-electron chi connectivity index (χ2n) is 5.40. The maximum Gasteiger partial charge on any atom is 0.331 e. The smallest absolute Gasteiger partial charge is 0.331 e. The summed E-state index contributed by atoms with van der Waals surface area (Å²) in [7, 11) is 0. The molecule has 0 bridgehead atoms. The first-order chi connectivity index (χ1) is 12.5. The topological polar surface area (TPSA) is 61.8 Å². The van der Waals surface area contributed by atoms with Crippen LogP contribution in [0.1, 0.15) is 15.9 Å². The molecular weight excluding hydrogens is 363 g/mol. The summed E-state index contributed by atoms with van der Waals surface area (Å²) in [6.45, 7) is 0.467. The van der Waals surface area contributed by atoms with E-state index in [9.17, 15) is 14.0 Å². The maximum atomic E-state index is 13.1. The first-order valence-corrected chi connectivity index (χ1v) is 8.13. The standard InChI is InChI=1S/C19H14ClFO5/c20-14-9-12(1-4-15(14)21)2-6-19(23)26-11-16(22)13-3-5-17-18(10-13)25-8-7-24-17/h1-6,9-10H,7-8,11H2/b6-2+. The zero-order valence-corrected chi connectivity index (χ0v) is 14.3. The molecule has 0 aromatic heterocycles. The molecule has 0 N–H and O–H groups in total. The summed E-state index contributed by atoms with van der Waals surface area (Å²) in [5.41, 5.74) is 0.892. The normalized spacial score (nSPS) is 12.8. The average molecular weight is 377 g/mol. The zero-order chi connectivity index (χ0) is 18.5. The van der Waals surface area contributed by atoms with Crippen molar-refractivity contribution in [1.82, 2.24) is 0 Å². The molecule has 0 saturated heterocycles. The number of Topliss-reactive ketones (excluding diaryl/α,β-unsaturated/α-hetero) is 1. The molecule has 0 atom stereocenters. The number of ether oxygens (including phenoxy) is 3. The Morgan fingerprint density at radius 1 is 1.12 bits per heavy atom. The Kier molecular flexibility index (Phi) is 5.53. The van der Waals surface area contributed by atoms with E-state index in [1.807, 2.05) is 0 Å². The van der Waals surface area contributed by atoms with E-state index in [0.29, 0.717) is 35.8 Å². The lowest BCUT2D eigenvalue weighted by Gasteiger charge is -2.18. The van der Waals surface area contributed by atoms with Crippen LogP contribution < -0.4 is 9.47 Å². The minimum atomic E-state index is -0.698. The number of carbonyl (C=O) groups is 2. The van der Waals surface area contributed by atoms with Crippen molar-refractivity contribution in [3.05, 3.63) is 64.4 Å². The van der Waals surface area contributed by atoms with E-state index in [0.717, 1.165) is 6.08 Å². The Balaban J connectivity index is 1.56. The van der Waals surface area contributed by atoms with Gasteiger partial charge < -0.3 is 14.2 Å². The van der Waals surface area contributed by atoms with E-state index >= 15 is 0 Å². The Bertz CT molecular complexity index is 878. The summed E-state index contributed by atoms with van der Waals surface area (Å²) in [4.78, 5) is 23.9. The van der Waals surface area contributed by atoms with E-state index in [-0.39, 0.29) is 10.8 Å². The minimum absolute atomic E-state index is 0.0469. The van der Waals surface area contributed by atoms with Gasteiger partial charge in [0, 0.05) is 11.6 Å². The second kappa shape index (κ2) is 8.01. The Hall–Kier alpha value is -2.86. The lowest BCUT2D eigenvalue weighted by atomic mass is 10.1. The molecule has 0 fully saturated rings. The van der Waals surface area contributed by atoms with Gasteiger partial charge in [0.15, 0.2) is 23.9 Å². The molecule has 2 aromatic carbocycles. The van der Waals surface area contributed by atoms with Gasteiger partial charge in [-0.1, -0.05) is 17.7 Å². The lowest BCUT2D eigenvalue weighted by Crippen LogP contribution is -2.17. The number of halogens is 2. The molecule has 0 aliphatic carbocycles. The van der Waals surface area contributed by atoms with Gasteiger partial charge in [-0.05, 0) is 42.0 Å². The van der Waals surface area contributed by atoms with Crippen molar-refractivity contribution >= 4 is 29.4 Å². The molecule has 0 unspecified atom stereocenters. The average Bonchev–Trinajstić information content (AvgIpc) is 2.66. The third-order valence-electron chi connectivity index (χ3n) is 3.57. The molecule has 2 aromatic rings. The molecule has 5 nitrogen and oxygen atoms in total. The summed E-state index contributed by atoms with van der Waals surface area (Å²) in [6.07, 6.45) is 2.56. The third-order valence-corrected chi connectivity index (χ3v) is 3.85. The molecule has 0 saturated carbocycles. The monoisotopic (exact) mass is 376 g/mol. The van der Waals surface area contributed by atoms with E-state index in [1.165, 1.54) is 24.3 Å². The molecular formula is C19H14ClFO5. The van der Waals surface area contributed by atoms with Crippen LogP contribution in [0.4, 0.5) is 4.39 Å². The van der Waals surface area contributed by atoms with Gasteiger partial charge in [0.05, 0.1) is 5.02 Å². The predicted molar refractivity (Wildman–Crippen MR) is 93.2 cm³/mol. The van der Waals surface area contributed by atoms with Crippen molar-refractivity contribution in [3.63, 3.8) is 0 Å². The highest BCUT2D eigenvalue weighted by atomic mass is 35.5. The van der Waals surface area contributed by atoms with Crippen LogP contribution in [-0.2, 0) is 9.53 Å². The van der Waals surface area contributed by atoms with Crippen LogP contribution >= 0.6 is 11.6 Å². The summed E-state index contributed by atoms with van der Waals surface area (Å²) >= 11 is 5.66. The van der Waals surface area contributed by atoms with Crippen molar-refractivity contribution in [3.8, 4) is 11.5 Å². The number of ketones is 1. The van der Waals surface area contributed by atoms with E-state index in [2.05, 4.69) is 0 Å².